The minimum Gasteiger partial charge on any atom is -0.369 e. The largest absolute Gasteiger partial charge is 0.369 e. The maximum atomic E-state index is 13.4. The van der Waals surface area contributed by atoms with Gasteiger partial charge in [-0.25, -0.2) is 13.6 Å². The van der Waals surface area contributed by atoms with Gasteiger partial charge in [0.15, 0.2) is 0 Å². The number of nitrogens with zero attached hydrogens (tertiary/aromatic N) is 1. The van der Waals surface area contributed by atoms with E-state index in [9.17, 15) is 13.6 Å². The summed E-state index contributed by atoms with van der Waals surface area (Å²) in [6, 6.07) is 22.0. The van der Waals surface area contributed by atoms with E-state index < -0.39 is 0 Å². The zero-order valence-corrected chi connectivity index (χ0v) is 20.3. The number of unbranched alkanes of at least 4 members (excludes halogenated alkanes) is 1. The third-order valence-corrected chi connectivity index (χ3v) is 6.45. The molecule has 1 heterocycles. The zero-order valence-electron chi connectivity index (χ0n) is 20.3. The van der Waals surface area contributed by atoms with E-state index in [4.69, 9.17) is 4.74 Å². The topological polar surface area (TPSA) is 53.6 Å². The Morgan fingerprint density at radius 1 is 0.861 bits per heavy atom. The summed E-state index contributed by atoms with van der Waals surface area (Å²) in [7, 11) is 0. The summed E-state index contributed by atoms with van der Waals surface area (Å²) in [5.74, 6) is -0.597. The van der Waals surface area contributed by atoms with Crippen LogP contribution in [0.5, 0.6) is 0 Å². The van der Waals surface area contributed by atoms with E-state index in [-0.39, 0.29) is 29.8 Å². The normalized spacial score (nSPS) is 14.6. The van der Waals surface area contributed by atoms with Crippen LogP contribution in [0.15, 0.2) is 78.9 Å². The molecule has 1 fully saturated rings. The number of urea groups is 1. The van der Waals surface area contributed by atoms with E-state index in [0.717, 1.165) is 62.1 Å². The molecule has 190 valence electrons. The van der Waals surface area contributed by atoms with Crippen molar-refractivity contribution in [3.8, 4) is 0 Å². The number of rotatable bonds is 10. The van der Waals surface area contributed by atoms with Gasteiger partial charge in [-0.2, -0.15) is 0 Å². The van der Waals surface area contributed by atoms with Gasteiger partial charge in [0, 0.05) is 31.4 Å². The number of amides is 2. The van der Waals surface area contributed by atoms with Gasteiger partial charge in [0.1, 0.15) is 17.7 Å². The number of hydrogen-bond donors (Lipinski definition) is 2. The summed E-state index contributed by atoms with van der Waals surface area (Å²) < 4.78 is 33.0. The van der Waals surface area contributed by atoms with Gasteiger partial charge in [-0.15, -0.1) is 0 Å². The van der Waals surface area contributed by atoms with Crippen molar-refractivity contribution >= 4 is 11.7 Å². The molecule has 1 aliphatic heterocycles. The fourth-order valence-electron chi connectivity index (χ4n) is 4.47. The molecule has 0 bridgehead atoms. The molecule has 1 saturated heterocycles. The second kappa shape index (κ2) is 13.1. The Morgan fingerprint density at radius 2 is 1.44 bits per heavy atom. The molecule has 36 heavy (non-hydrogen) atoms. The summed E-state index contributed by atoms with van der Waals surface area (Å²) in [5, 5.41) is 5.94. The highest BCUT2D eigenvalue weighted by Gasteiger charge is 2.20. The minimum atomic E-state index is -0.366. The van der Waals surface area contributed by atoms with Gasteiger partial charge in [0.25, 0.3) is 0 Å². The lowest BCUT2D eigenvalue weighted by atomic mass is 10.0. The predicted molar refractivity (Wildman–Crippen MR) is 138 cm³/mol. The molecule has 0 saturated carbocycles. The van der Waals surface area contributed by atoms with Gasteiger partial charge in [0.05, 0.1) is 0 Å². The van der Waals surface area contributed by atoms with Crippen molar-refractivity contribution in [1.29, 1.82) is 0 Å². The average molecular weight is 494 g/mol. The van der Waals surface area contributed by atoms with Gasteiger partial charge in [-0.1, -0.05) is 42.5 Å². The lowest BCUT2D eigenvalue weighted by molar-refractivity contribution is 0.0744. The summed E-state index contributed by atoms with van der Waals surface area (Å²) in [6.07, 6.45) is 3.36. The third-order valence-electron chi connectivity index (χ3n) is 6.45. The van der Waals surface area contributed by atoms with Crippen molar-refractivity contribution < 1.29 is 18.3 Å². The molecule has 0 aliphatic carbocycles. The fraction of sp³-hybridized carbons (Fsp3) is 0.345. The molecule has 0 aromatic heterocycles. The summed E-state index contributed by atoms with van der Waals surface area (Å²) in [4.78, 5) is 14.6. The number of likely N-dealkylation sites (tertiary alicyclic amines) is 1. The van der Waals surface area contributed by atoms with Gasteiger partial charge < -0.3 is 20.3 Å². The first-order valence-corrected chi connectivity index (χ1v) is 12.5. The molecule has 0 spiro atoms. The molecule has 4 rings (SSSR count). The number of carbonyl (C=O) groups excluding carboxylic acids is 1. The predicted octanol–water partition coefficient (Wildman–Crippen LogP) is 6.14. The van der Waals surface area contributed by atoms with Crippen molar-refractivity contribution in [2.75, 3.05) is 31.6 Å². The van der Waals surface area contributed by atoms with Crippen LogP contribution < -0.4 is 10.6 Å². The van der Waals surface area contributed by atoms with Crippen LogP contribution in [0.4, 0.5) is 19.3 Å². The van der Waals surface area contributed by atoms with Gasteiger partial charge in [-0.05, 0) is 79.8 Å². The van der Waals surface area contributed by atoms with Gasteiger partial charge in [0.2, 0.25) is 0 Å². The minimum absolute atomic E-state index is 0.159. The maximum Gasteiger partial charge on any atom is 0.319 e. The molecule has 2 amide bonds. The number of anilines is 1. The number of hydrogen-bond acceptors (Lipinski definition) is 3. The molecule has 7 heteroatoms. The average Bonchev–Trinajstić information content (AvgIpc) is 2.89. The summed E-state index contributed by atoms with van der Waals surface area (Å²) in [5.41, 5.74) is 2.47. The molecule has 5 nitrogen and oxygen atoms in total. The first kappa shape index (κ1) is 25.8. The Balaban J connectivity index is 1.16. The van der Waals surface area contributed by atoms with Crippen molar-refractivity contribution in [2.45, 2.75) is 37.8 Å². The second-order valence-corrected chi connectivity index (χ2v) is 9.14. The Kier molecular flexibility index (Phi) is 9.41. The van der Waals surface area contributed by atoms with Crippen molar-refractivity contribution in [3.63, 3.8) is 0 Å². The van der Waals surface area contributed by atoms with Crippen LogP contribution in [0.25, 0.3) is 0 Å². The zero-order chi connectivity index (χ0) is 25.2. The fourth-order valence-corrected chi connectivity index (χ4v) is 4.47. The number of para-hydroxylation sites is 1. The third kappa shape index (κ3) is 7.86. The molecule has 0 radical (unpaired) electrons. The van der Waals surface area contributed by atoms with E-state index in [1.807, 2.05) is 30.3 Å². The van der Waals surface area contributed by atoms with E-state index in [1.165, 1.54) is 24.3 Å². The maximum absolute atomic E-state index is 13.4. The van der Waals surface area contributed by atoms with Gasteiger partial charge in [-0.3, -0.25) is 0 Å². The highest BCUT2D eigenvalue weighted by Crippen LogP contribution is 2.27. The van der Waals surface area contributed by atoms with Crippen molar-refractivity contribution in [3.05, 3.63) is 102 Å². The number of benzene rings is 3. The Bertz CT molecular complexity index is 1020. The van der Waals surface area contributed by atoms with Crippen molar-refractivity contribution in [1.82, 2.24) is 10.2 Å². The highest BCUT2D eigenvalue weighted by molar-refractivity contribution is 5.89. The van der Waals surface area contributed by atoms with Crippen LogP contribution in [0.1, 0.15) is 42.9 Å². The standard InChI is InChI=1S/C29H33F2N3O2/c30-24-12-8-22(9-13-24)28(23-10-14-25(31)15-11-23)36-21-5-4-18-34-19-16-27(17-20-34)33-29(35)32-26-6-2-1-3-7-26/h1-3,6-15,27-28H,4-5,16-21H2,(H2,32,33,35). The lowest BCUT2D eigenvalue weighted by Crippen LogP contribution is -2.46. The lowest BCUT2D eigenvalue weighted by Gasteiger charge is -2.32. The molecular formula is C29H33F2N3O2. The SMILES string of the molecule is O=C(Nc1ccccc1)NC1CCN(CCCCOC(c2ccc(F)cc2)c2ccc(F)cc2)CC1. The van der Waals surface area contributed by atoms with E-state index in [1.54, 1.807) is 24.3 Å². The molecule has 2 N–H and O–H groups in total. The quantitative estimate of drug-likeness (QED) is 0.334. The van der Waals surface area contributed by atoms with E-state index in [2.05, 4.69) is 15.5 Å². The Labute approximate surface area is 211 Å². The highest BCUT2D eigenvalue weighted by atomic mass is 19.1. The molecule has 3 aromatic rings. The van der Waals surface area contributed by atoms with Gasteiger partial charge >= 0.3 is 6.03 Å². The summed E-state index contributed by atoms with van der Waals surface area (Å²) >= 11 is 0. The number of piperidine rings is 1. The van der Waals surface area contributed by atoms with E-state index in [0.29, 0.717) is 6.61 Å². The van der Waals surface area contributed by atoms with E-state index >= 15 is 0 Å². The molecular weight excluding hydrogens is 460 g/mol. The molecule has 0 atom stereocenters. The first-order valence-electron chi connectivity index (χ1n) is 12.5. The molecule has 0 unspecified atom stereocenters. The van der Waals surface area contributed by atoms with Crippen LogP contribution in [0.3, 0.4) is 0 Å². The number of ether oxygens (including phenoxy) is 1. The molecule has 1 aliphatic rings. The van der Waals surface area contributed by atoms with Crippen LogP contribution >= 0.6 is 0 Å². The number of carbonyl (C=O) groups is 1. The summed E-state index contributed by atoms with van der Waals surface area (Å²) in [6.45, 7) is 3.43. The van der Waals surface area contributed by atoms with Crippen LogP contribution in [-0.4, -0.2) is 43.2 Å². The van der Waals surface area contributed by atoms with Crippen LogP contribution in [0, 0.1) is 11.6 Å². The Morgan fingerprint density at radius 3 is 2.03 bits per heavy atom. The number of halogens is 2. The first-order chi connectivity index (χ1) is 17.6. The van der Waals surface area contributed by atoms with Crippen LogP contribution in [-0.2, 0) is 4.74 Å². The molecule has 3 aromatic carbocycles. The number of nitrogens with one attached hydrogen (secondary N) is 2. The second-order valence-electron chi connectivity index (χ2n) is 9.14. The smallest absolute Gasteiger partial charge is 0.319 e. The monoisotopic (exact) mass is 493 g/mol. The Hall–Kier alpha value is -3.29. The van der Waals surface area contributed by atoms with Crippen LogP contribution in [0.2, 0.25) is 0 Å². The van der Waals surface area contributed by atoms with Crippen molar-refractivity contribution in [2.24, 2.45) is 0 Å².